The van der Waals surface area contributed by atoms with Crippen LogP contribution < -0.4 is 5.32 Å². The van der Waals surface area contributed by atoms with E-state index in [1.54, 1.807) is 18.8 Å². The van der Waals surface area contributed by atoms with Crippen LogP contribution in [-0.2, 0) is 4.79 Å². The smallest absolute Gasteiger partial charge is 0.248 e. The van der Waals surface area contributed by atoms with E-state index in [0.717, 1.165) is 10.8 Å². The van der Waals surface area contributed by atoms with Crippen molar-refractivity contribution in [3.63, 3.8) is 0 Å². The number of aliphatic imine (C=N–C) groups is 2. The summed E-state index contributed by atoms with van der Waals surface area (Å²) in [4.78, 5) is 21.4. The molecule has 6 heteroatoms. The van der Waals surface area contributed by atoms with Crippen molar-refractivity contribution in [1.29, 1.82) is 0 Å². The van der Waals surface area contributed by atoms with E-state index in [0.29, 0.717) is 11.7 Å². The Hall–Kier alpha value is -0.490. The van der Waals surface area contributed by atoms with Crippen LogP contribution in [0.5, 0.6) is 0 Å². The fourth-order valence-corrected chi connectivity index (χ4v) is 4.72. The van der Waals surface area contributed by atoms with Gasteiger partial charge in [-0.3, -0.25) is 14.8 Å². The molecule has 2 heterocycles. The monoisotopic (exact) mass is 299 g/mol. The first-order chi connectivity index (χ1) is 8.81. The van der Waals surface area contributed by atoms with Crippen molar-refractivity contribution in [2.24, 2.45) is 15.9 Å². The SMILES string of the molecule is CNC(=O)[C@]1(C)CSC([C@]2(C)CSC(C(C)C)=N2)=N1. The number of hydrogen-bond donors (Lipinski definition) is 1. The summed E-state index contributed by atoms with van der Waals surface area (Å²) in [7, 11) is 1.66. The van der Waals surface area contributed by atoms with Crippen LogP contribution in [0.4, 0.5) is 0 Å². The van der Waals surface area contributed by atoms with Gasteiger partial charge in [0.25, 0.3) is 0 Å². The Morgan fingerprint density at radius 1 is 1.26 bits per heavy atom. The van der Waals surface area contributed by atoms with Crippen LogP contribution in [0.25, 0.3) is 0 Å². The number of nitrogens with one attached hydrogen (secondary N) is 1. The second-order valence-corrected chi connectivity index (χ2v) is 7.69. The minimum absolute atomic E-state index is 0.0164. The molecule has 4 nitrogen and oxygen atoms in total. The summed E-state index contributed by atoms with van der Waals surface area (Å²) in [5.74, 6) is 2.08. The first-order valence-corrected chi connectivity index (χ1v) is 8.46. The first-order valence-electron chi connectivity index (χ1n) is 6.48. The van der Waals surface area contributed by atoms with Crippen LogP contribution in [0.1, 0.15) is 27.7 Å². The minimum Gasteiger partial charge on any atom is -0.357 e. The number of amides is 1. The maximum atomic E-state index is 11.9. The number of hydrogen-bond acceptors (Lipinski definition) is 5. The average molecular weight is 299 g/mol. The van der Waals surface area contributed by atoms with E-state index < -0.39 is 5.54 Å². The van der Waals surface area contributed by atoms with Crippen molar-refractivity contribution in [3.8, 4) is 0 Å². The highest BCUT2D eigenvalue weighted by Crippen LogP contribution is 2.40. The van der Waals surface area contributed by atoms with Gasteiger partial charge < -0.3 is 5.32 Å². The fraction of sp³-hybridized carbons (Fsp3) is 0.769. The molecule has 0 unspecified atom stereocenters. The molecule has 106 valence electrons. The quantitative estimate of drug-likeness (QED) is 0.869. The van der Waals surface area contributed by atoms with Crippen molar-refractivity contribution >= 4 is 39.5 Å². The predicted octanol–water partition coefficient (Wildman–Crippen LogP) is 2.20. The maximum Gasteiger partial charge on any atom is 0.248 e. The number of carbonyl (C=O) groups excluding carboxylic acids is 1. The number of likely N-dealkylation sites (N-methyl/N-ethyl adjacent to an activating group) is 1. The number of thioether (sulfide) groups is 2. The molecule has 1 amide bonds. The van der Waals surface area contributed by atoms with Crippen molar-refractivity contribution in [2.75, 3.05) is 18.6 Å². The van der Waals surface area contributed by atoms with Crippen molar-refractivity contribution in [1.82, 2.24) is 5.32 Å². The van der Waals surface area contributed by atoms with Crippen molar-refractivity contribution in [3.05, 3.63) is 0 Å². The number of carbonyl (C=O) groups is 1. The highest BCUT2D eigenvalue weighted by atomic mass is 32.2. The summed E-state index contributed by atoms with van der Waals surface area (Å²) >= 11 is 3.49. The van der Waals surface area contributed by atoms with Crippen LogP contribution in [-0.4, -0.2) is 45.6 Å². The molecule has 2 atom stereocenters. The predicted molar refractivity (Wildman–Crippen MR) is 85.5 cm³/mol. The Morgan fingerprint density at radius 2 is 1.95 bits per heavy atom. The summed E-state index contributed by atoms with van der Waals surface area (Å²) in [6.07, 6.45) is 0. The molecule has 0 saturated heterocycles. The van der Waals surface area contributed by atoms with E-state index in [4.69, 9.17) is 4.99 Å². The summed E-state index contributed by atoms with van der Waals surface area (Å²) in [6, 6.07) is 0. The van der Waals surface area contributed by atoms with Crippen LogP contribution >= 0.6 is 23.5 Å². The summed E-state index contributed by atoms with van der Waals surface area (Å²) < 4.78 is 0. The van der Waals surface area contributed by atoms with Gasteiger partial charge in [-0.25, -0.2) is 0 Å². The van der Waals surface area contributed by atoms with Crippen molar-refractivity contribution < 1.29 is 4.79 Å². The molecule has 2 rings (SSSR count). The van der Waals surface area contributed by atoms with E-state index in [1.165, 1.54) is 5.04 Å². The minimum atomic E-state index is -0.640. The zero-order chi connectivity index (χ0) is 14.3. The first kappa shape index (κ1) is 14.9. The molecule has 0 bridgehead atoms. The Morgan fingerprint density at radius 3 is 2.47 bits per heavy atom. The van der Waals surface area contributed by atoms with Gasteiger partial charge in [-0.05, 0) is 13.8 Å². The van der Waals surface area contributed by atoms with E-state index in [9.17, 15) is 4.79 Å². The van der Waals surface area contributed by atoms with Gasteiger partial charge in [-0.1, -0.05) is 13.8 Å². The van der Waals surface area contributed by atoms with Crippen LogP contribution in [0.3, 0.4) is 0 Å². The summed E-state index contributed by atoms with van der Waals surface area (Å²) in [5, 5.41) is 4.89. The van der Waals surface area contributed by atoms with E-state index in [-0.39, 0.29) is 11.4 Å². The van der Waals surface area contributed by atoms with E-state index >= 15 is 0 Å². The molecule has 0 saturated carbocycles. The van der Waals surface area contributed by atoms with Gasteiger partial charge in [0, 0.05) is 24.5 Å². The van der Waals surface area contributed by atoms with Crippen LogP contribution in [0, 0.1) is 5.92 Å². The Labute approximate surface area is 123 Å². The largest absolute Gasteiger partial charge is 0.357 e. The zero-order valence-electron chi connectivity index (χ0n) is 12.1. The number of rotatable bonds is 3. The molecular weight excluding hydrogens is 278 g/mol. The second-order valence-electron chi connectivity index (χ2n) is 5.73. The molecule has 0 fully saturated rings. The molecule has 0 aliphatic carbocycles. The Kier molecular flexibility index (Phi) is 4.02. The molecular formula is C13H21N3OS2. The highest BCUT2D eigenvalue weighted by molar-refractivity contribution is 8.16. The van der Waals surface area contributed by atoms with Crippen LogP contribution in [0.15, 0.2) is 9.98 Å². The van der Waals surface area contributed by atoms with Gasteiger partial charge in [0.1, 0.15) is 11.1 Å². The molecule has 0 radical (unpaired) electrons. The van der Waals surface area contributed by atoms with Gasteiger partial charge in [-0.2, -0.15) is 0 Å². The van der Waals surface area contributed by atoms with Gasteiger partial charge in [-0.15, -0.1) is 23.5 Å². The average Bonchev–Trinajstić information content (AvgIpc) is 2.94. The second kappa shape index (κ2) is 5.13. The lowest BCUT2D eigenvalue weighted by molar-refractivity contribution is -0.124. The summed E-state index contributed by atoms with van der Waals surface area (Å²) in [5.41, 5.74) is -0.890. The van der Waals surface area contributed by atoms with Crippen LogP contribution in [0.2, 0.25) is 0 Å². The highest BCUT2D eigenvalue weighted by Gasteiger charge is 2.45. The Balaban J connectivity index is 2.25. The normalized spacial score (nSPS) is 34.4. The third-order valence-electron chi connectivity index (χ3n) is 3.37. The third-order valence-corrected chi connectivity index (χ3v) is 6.44. The molecule has 2 aliphatic heterocycles. The molecule has 0 spiro atoms. The van der Waals surface area contributed by atoms with Crippen molar-refractivity contribution in [2.45, 2.75) is 38.8 Å². The molecule has 0 aromatic carbocycles. The lowest BCUT2D eigenvalue weighted by Gasteiger charge is -2.19. The molecule has 19 heavy (non-hydrogen) atoms. The summed E-state index contributed by atoms with van der Waals surface area (Å²) in [6.45, 7) is 8.34. The molecule has 2 aliphatic rings. The number of nitrogens with zero attached hydrogens (tertiary/aromatic N) is 2. The maximum absolute atomic E-state index is 11.9. The Bertz CT molecular complexity index is 461. The molecule has 0 aromatic heterocycles. The topological polar surface area (TPSA) is 53.8 Å². The lowest BCUT2D eigenvalue weighted by Crippen LogP contribution is -2.42. The van der Waals surface area contributed by atoms with Gasteiger partial charge >= 0.3 is 0 Å². The third kappa shape index (κ3) is 2.70. The standard InChI is InChI=1S/C13H21N3OS2/c1-8(2)9-15-13(4,7-18-9)11-16-12(3,6-19-11)10(17)14-5/h8H,6-7H2,1-5H3,(H,14,17)/t12-,13-/m0/s1. The fourth-order valence-electron chi connectivity index (χ4n) is 2.09. The molecule has 1 N–H and O–H groups in total. The molecule has 0 aromatic rings. The van der Waals surface area contributed by atoms with E-state index in [1.807, 2.05) is 18.7 Å². The zero-order valence-corrected chi connectivity index (χ0v) is 13.7. The van der Waals surface area contributed by atoms with Gasteiger partial charge in [0.15, 0.2) is 0 Å². The lowest BCUT2D eigenvalue weighted by atomic mass is 10.0. The van der Waals surface area contributed by atoms with Gasteiger partial charge in [0.2, 0.25) is 5.91 Å². The van der Waals surface area contributed by atoms with Gasteiger partial charge in [0.05, 0.1) is 10.1 Å². The van der Waals surface area contributed by atoms with E-state index in [2.05, 4.69) is 31.1 Å².